The van der Waals surface area contributed by atoms with Crippen molar-refractivity contribution >= 4 is 5.91 Å². The van der Waals surface area contributed by atoms with Gasteiger partial charge in [-0.3, -0.25) is 9.69 Å². The Labute approximate surface area is 90.5 Å². The molecule has 2 N–H and O–H groups in total. The van der Waals surface area contributed by atoms with Crippen LogP contribution in [0.4, 0.5) is 0 Å². The molecular formula is C10H20N2O3. The minimum Gasteiger partial charge on any atom is -0.380 e. The number of carbonyl (C=O) groups is 1. The first kappa shape index (κ1) is 12.4. The zero-order valence-corrected chi connectivity index (χ0v) is 9.44. The number of hydrogen-bond donors (Lipinski definition) is 1. The van der Waals surface area contributed by atoms with Gasteiger partial charge in [-0.25, -0.2) is 0 Å². The highest BCUT2D eigenvalue weighted by Crippen LogP contribution is 2.13. The Morgan fingerprint density at radius 2 is 2.40 bits per heavy atom. The van der Waals surface area contributed by atoms with Crippen molar-refractivity contribution in [3.8, 4) is 0 Å². The number of primary amides is 1. The van der Waals surface area contributed by atoms with Crippen LogP contribution < -0.4 is 5.73 Å². The van der Waals surface area contributed by atoms with Gasteiger partial charge in [-0.2, -0.15) is 0 Å². The van der Waals surface area contributed by atoms with E-state index in [9.17, 15) is 4.79 Å². The summed E-state index contributed by atoms with van der Waals surface area (Å²) in [5.41, 5.74) is 5.35. The van der Waals surface area contributed by atoms with Gasteiger partial charge in [0, 0.05) is 19.7 Å². The van der Waals surface area contributed by atoms with E-state index in [2.05, 4.69) is 0 Å². The van der Waals surface area contributed by atoms with Crippen LogP contribution in [0.3, 0.4) is 0 Å². The van der Waals surface area contributed by atoms with E-state index in [-0.39, 0.29) is 18.1 Å². The SMILES string of the molecule is CCOCCN1CCO[C@H](C)[C@H]1C(N)=O. The highest BCUT2D eigenvalue weighted by molar-refractivity contribution is 5.80. The predicted octanol–water partition coefficient (Wildman–Crippen LogP) is -0.402. The molecule has 0 spiro atoms. The minimum absolute atomic E-state index is 0.127. The zero-order chi connectivity index (χ0) is 11.3. The van der Waals surface area contributed by atoms with E-state index >= 15 is 0 Å². The van der Waals surface area contributed by atoms with Gasteiger partial charge in [0.1, 0.15) is 6.04 Å². The van der Waals surface area contributed by atoms with Crippen molar-refractivity contribution in [2.24, 2.45) is 5.73 Å². The van der Waals surface area contributed by atoms with E-state index in [1.807, 2.05) is 18.7 Å². The fourth-order valence-electron chi connectivity index (χ4n) is 1.87. The van der Waals surface area contributed by atoms with E-state index in [0.29, 0.717) is 19.8 Å². The Balaban J connectivity index is 2.47. The summed E-state index contributed by atoms with van der Waals surface area (Å²) in [6.45, 7) is 7.28. The molecule has 0 aromatic heterocycles. The lowest BCUT2D eigenvalue weighted by Gasteiger charge is -2.37. The van der Waals surface area contributed by atoms with E-state index < -0.39 is 0 Å². The number of amides is 1. The molecule has 1 aliphatic rings. The molecule has 0 radical (unpaired) electrons. The third-order valence-electron chi connectivity index (χ3n) is 2.62. The van der Waals surface area contributed by atoms with Gasteiger partial charge in [-0.15, -0.1) is 0 Å². The molecule has 0 bridgehead atoms. The Morgan fingerprint density at radius 3 is 3.00 bits per heavy atom. The molecule has 15 heavy (non-hydrogen) atoms. The van der Waals surface area contributed by atoms with Crippen LogP contribution in [-0.2, 0) is 14.3 Å². The third kappa shape index (κ3) is 3.44. The molecule has 1 rings (SSSR count). The molecular weight excluding hydrogens is 196 g/mol. The van der Waals surface area contributed by atoms with Crippen LogP contribution in [0.5, 0.6) is 0 Å². The molecule has 0 saturated carbocycles. The number of nitrogens with two attached hydrogens (primary N) is 1. The van der Waals surface area contributed by atoms with E-state index in [0.717, 1.165) is 13.1 Å². The second-order valence-electron chi connectivity index (χ2n) is 3.66. The summed E-state index contributed by atoms with van der Waals surface area (Å²) in [6.07, 6.45) is -0.127. The molecule has 1 aliphatic heterocycles. The van der Waals surface area contributed by atoms with Crippen molar-refractivity contribution in [3.05, 3.63) is 0 Å². The number of rotatable bonds is 5. The third-order valence-corrected chi connectivity index (χ3v) is 2.62. The van der Waals surface area contributed by atoms with Gasteiger partial charge in [-0.1, -0.05) is 0 Å². The van der Waals surface area contributed by atoms with Gasteiger partial charge in [0.2, 0.25) is 5.91 Å². The lowest BCUT2D eigenvalue weighted by molar-refractivity contribution is -0.136. The average Bonchev–Trinajstić information content (AvgIpc) is 2.17. The molecule has 5 heteroatoms. The molecule has 2 atom stereocenters. The van der Waals surface area contributed by atoms with Crippen LogP contribution in [0.2, 0.25) is 0 Å². The summed E-state index contributed by atoms with van der Waals surface area (Å²) in [5.74, 6) is -0.321. The first-order valence-corrected chi connectivity index (χ1v) is 5.39. The van der Waals surface area contributed by atoms with Gasteiger partial charge in [0.15, 0.2) is 0 Å². The van der Waals surface area contributed by atoms with Crippen LogP contribution >= 0.6 is 0 Å². The maximum absolute atomic E-state index is 11.3. The first-order chi connectivity index (χ1) is 7.16. The van der Waals surface area contributed by atoms with Crippen LogP contribution in [0.15, 0.2) is 0 Å². The zero-order valence-electron chi connectivity index (χ0n) is 9.44. The second kappa shape index (κ2) is 6.05. The Hall–Kier alpha value is -0.650. The Morgan fingerprint density at radius 1 is 1.67 bits per heavy atom. The molecule has 0 aromatic carbocycles. The summed E-state index contributed by atoms with van der Waals surface area (Å²) in [7, 11) is 0. The minimum atomic E-state index is -0.321. The fraction of sp³-hybridized carbons (Fsp3) is 0.900. The average molecular weight is 216 g/mol. The lowest BCUT2D eigenvalue weighted by Crippen LogP contribution is -2.57. The second-order valence-corrected chi connectivity index (χ2v) is 3.66. The summed E-state index contributed by atoms with van der Waals surface area (Å²) < 4.78 is 10.7. The van der Waals surface area contributed by atoms with Crippen molar-refractivity contribution < 1.29 is 14.3 Å². The molecule has 0 unspecified atom stereocenters. The maximum atomic E-state index is 11.3. The highest BCUT2D eigenvalue weighted by atomic mass is 16.5. The van der Waals surface area contributed by atoms with E-state index in [4.69, 9.17) is 15.2 Å². The van der Waals surface area contributed by atoms with Crippen molar-refractivity contribution in [2.75, 3.05) is 32.9 Å². The van der Waals surface area contributed by atoms with Crippen molar-refractivity contribution in [1.82, 2.24) is 4.90 Å². The standard InChI is InChI=1S/C10H20N2O3/c1-3-14-6-4-12-5-7-15-8(2)9(12)10(11)13/h8-9H,3-7H2,1-2H3,(H2,11,13)/t8-,9+/m1/s1. The van der Waals surface area contributed by atoms with Gasteiger partial charge in [0.05, 0.1) is 19.3 Å². The van der Waals surface area contributed by atoms with Gasteiger partial charge in [-0.05, 0) is 13.8 Å². The van der Waals surface area contributed by atoms with Crippen LogP contribution in [0.1, 0.15) is 13.8 Å². The highest BCUT2D eigenvalue weighted by Gasteiger charge is 2.33. The number of carbonyl (C=O) groups excluding carboxylic acids is 1. The molecule has 0 aliphatic carbocycles. The van der Waals surface area contributed by atoms with Gasteiger partial charge < -0.3 is 15.2 Å². The molecule has 0 aromatic rings. The summed E-state index contributed by atoms with van der Waals surface area (Å²) in [4.78, 5) is 13.3. The lowest BCUT2D eigenvalue weighted by atomic mass is 10.1. The molecule has 1 fully saturated rings. The van der Waals surface area contributed by atoms with Crippen LogP contribution in [0.25, 0.3) is 0 Å². The number of morpholine rings is 1. The van der Waals surface area contributed by atoms with Crippen LogP contribution in [-0.4, -0.2) is 55.9 Å². The largest absolute Gasteiger partial charge is 0.380 e. The molecule has 1 amide bonds. The van der Waals surface area contributed by atoms with Crippen molar-refractivity contribution in [2.45, 2.75) is 26.0 Å². The molecule has 1 saturated heterocycles. The van der Waals surface area contributed by atoms with Gasteiger partial charge >= 0.3 is 0 Å². The Bertz CT molecular complexity index is 211. The van der Waals surface area contributed by atoms with E-state index in [1.54, 1.807) is 0 Å². The number of ether oxygens (including phenoxy) is 2. The van der Waals surface area contributed by atoms with Crippen molar-refractivity contribution in [1.29, 1.82) is 0 Å². The quantitative estimate of drug-likeness (QED) is 0.635. The van der Waals surface area contributed by atoms with Gasteiger partial charge in [0.25, 0.3) is 0 Å². The maximum Gasteiger partial charge on any atom is 0.237 e. The summed E-state index contributed by atoms with van der Waals surface area (Å²) in [6, 6.07) is -0.320. The predicted molar refractivity (Wildman–Crippen MR) is 56.5 cm³/mol. The number of hydrogen-bond acceptors (Lipinski definition) is 4. The summed E-state index contributed by atoms with van der Waals surface area (Å²) >= 11 is 0. The normalized spacial score (nSPS) is 27.9. The first-order valence-electron chi connectivity index (χ1n) is 5.39. The molecule has 88 valence electrons. The number of nitrogens with zero attached hydrogens (tertiary/aromatic N) is 1. The van der Waals surface area contributed by atoms with Crippen molar-refractivity contribution in [3.63, 3.8) is 0 Å². The topological polar surface area (TPSA) is 64.8 Å². The molecule has 1 heterocycles. The fourth-order valence-corrected chi connectivity index (χ4v) is 1.87. The monoisotopic (exact) mass is 216 g/mol. The Kier molecular flexibility index (Phi) is 5.01. The molecule has 5 nitrogen and oxygen atoms in total. The summed E-state index contributed by atoms with van der Waals surface area (Å²) in [5, 5.41) is 0. The smallest absolute Gasteiger partial charge is 0.237 e. The van der Waals surface area contributed by atoms with E-state index in [1.165, 1.54) is 0 Å². The van der Waals surface area contributed by atoms with Crippen LogP contribution in [0, 0.1) is 0 Å².